The number of carboxylic acid groups (broad SMARTS) is 1. The van der Waals surface area contributed by atoms with Crippen LogP contribution in [0.3, 0.4) is 0 Å². The van der Waals surface area contributed by atoms with Crippen LogP contribution < -0.4 is 5.73 Å². The minimum Gasteiger partial charge on any atom is -0.480 e. The molecule has 4 N–H and O–H groups in total. The maximum absolute atomic E-state index is 10.5. The van der Waals surface area contributed by atoms with Crippen molar-refractivity contribution in [3.63, 3.8) is 0 Å². The van der Waals surface area contributed by atoms with Gasteiger partial charge in [0.2, 0.25) is 0 Å². The van der Waals surface area contributed by atoms with Crippen LogP contribution in [0.4, 0.5) is 0 Å². The highest BCUT2D eigenvalue weighted by Gasteiger charge is 2.13. The lowest BCUT2D eigenvalue weighted by molar-refractivity contribution is -0.138. The van der Waals surface area contributed by atoms with E-state index in [0.29, 0.717) is 0 Å². The Morgan fingerprint density at radius 2 is 1.87 bits per heavy atom. The van der Waals surface area contributed by atoms with Crippen molar-refractivity contribution in [1.29, 1.82) is 0 Å². The summed E-state index contributed by atoms with van der Waals surface area (Å²) in [5.41, 5.74) is 5.06. The largest absolute Gasteiger partial charge is 0.480 e. The molecule has 92 valence electrons. The van der Waals surface area contributed by atoms with Gasteiger partial charge in [0.1, 0.15) is 27.0 Å². The number of hydrogen-bond acceptors (Lipinski definition) is 5. The first-order valence-corrected chi connectivity index (χ1v) is 7.32. The second-order valence-corrected chi connectivity index (χ2v) is 5.89. The van der Waals surface area contributed by atoms with E-state index in [4.69, 9.17) is 19.6 Å². The van der Waals surface area contributed by atoms with Gasteiger partial charge in [-0.25, -0.2) is 12.6 Å². The Kier molecular flexibility index (Phi) is 8.72. The molecule has 0 aliphatic heterocycles. The molecule has 0 rings (SSSR count). The molecule has 0 saturated heterocycles. The SMILES string of the molecule is CS(=O)(=O)CC[C@H](N)C(=O)O.CS(=O)O. The number of carboxylic acids is 1. The predicted molar refractivity (Wildman–Crippen MR) is 56.6 cm³/mol. The molecular formula is C6H15NO6S2. The van der Waals surface area contributed by atoms with Crippen LogP contribution in [0, 0.1) is 0 Å². The fraction of sp³-hybridized carbons (Fsp3) is 0.833. The summed E-state index contributed by atoms with van der Waals surface area (Å²) in [5, 5.41) is 8.26. The van der Waals surface area contributed by atoms with Crippen molar-refractivity contribution in [2.45, 2.75) is 12.5 Å². The average molecular weight is 261 g/mol. The summed E-state index contributed by atoms with van der Waals surface area (Å²) in [6.45, 7) is 0. The fourth-order valence-corrected chi connectivity index (χ4v) is 1.15. The van der Waals surface area contributed by atoms with Crippen LogP contribution in [0.15, 0.2) is 0 Å². The van der Waals surface area contributed by atoms with Crippen molar-refractivity contribution < 1.29 is 27.1 Å². The van der Waals surface area contributed by atoms with Crippen LogP contribution in [0.1, 0.15) is 6.42 Å². The second-order valence-electron chi connectivity index (χ2n) is 2.79. The summed E-state index contributed by atoms with van der Waals surface area (Å²) in [7, 11) is -3.10. The number of hydrogen-bond donors (Lipinski definition) is 3. The third kappa shape index (κ3) is 19.8. The zero-order valence-electron chi connectivity index (χ0n) is 8.41. The van der Waals surface area contributed by atoms with Crippen molar-refractivity contribution in [3.05, 3.63) is 0 Å². The molecule has 0 heterocycles. The Morgan fingerprint density at radius 1 is 1.53 bits per heavy atom. The molecular weight excluding hydrogens is 246 g/mol. The Hall–Kier alpha value is -0.510. The van der Waals surface area contributed by atoms with Gasteiger partial charge in [-0.1, -0.05) is 0 Å². The second kappa shape index (κ2) is 7.74. The highest BCUT2D eigenvalue weighted by Crippen LogP contribution is 1.93. The van der Waals surface area contributed by atoms with Gasteiger partial charge in [-0.2, -0.15) is 0 Å². The minimum atomic E-state index is -3.10. The van der Waals surface area contributed by atoms with Crippen molar-refractivity contribution in [2.75, 3.05) is 18.3 Å². The molecule has 0 aliphatic carbocycles. The van der Waals surface area contributed by atoms with Gasteiger partial charge in [-0.05, 0) is 6.42 Å². The van der Waals surface area contributed by atoms with Crippen molar-refractivity contribution in [3.8, 4) is 0 Å². The van der Waals surface area contributed by atoms with Crippen LogP contribution in [-0.2, 0) is 25.7 Å². The molecule has 0 aromatic heterocycles. The molecule has 0 spiro atoms. The predicted octanol–water partition coefficient (Wildman–Crippen LogP) is -1.33. The van der Waals surface area contributed by atoms with Gasteiger partial charge in [0.05, 0.1) is 5.75 Å². The Balaban J connectivity index is 0. The van der Waals surface area contributed by atoms with E-state index in [-0.39, 0.29) is 12.2 Å². The zero-order chi connectivity index (χ0) is 12.6. The van der Waals surface area contributed by atoms with E-state index in [1.165, 1.54) is 6.26 Å². The molecule has 0 fully saturated rings. The molecule has 7 nitrogen and oxygen atoms in total. The first-order chi connectivity index (χ1) is 6.56. The smallest absolute Gasteiger partial charge is 0.320 e. The molecule has 0 bridgehead atoms. The fourth-order valence-electron chi connectivity index (χ4n) is 0.465. The lowest BCUT2D eigenvalue weighted by atomic mass is 10.2. The first kappa shape index (κ1) is 16.9. The van der Waals surface area contributed by atoms with Gasteiger partial charge >= 0.3 is 5.97 Å². The van der Waals surface area contributed by atoms with Crippen LogP contribution in [0.2, 0.25) is 0 Å². The van der Waals surface area contributed by atoms with E-state index in [0.717, 1.165) is 6.26 Å². The van der Waals surface area contributed by atoms with Crippen molar-refractivity contribution in [1.82, 2.24) is 0 Å². The van der Waals surface area contributed by atoms with E-state index in [9.17, 15) is 13.2 Å². The third-order valence-corrected chi connectivity index (χ3v) is 2.09. The molecule has 0 saturated carbocycles. The normalized spacial score (nSPS) is 14.7. The molecule has 9 heteroatoms. The quantitative estimate of drug-likeness (QED) is 0.533. The Bertz CT molecular complexity index is 308. The van der Waals surface area contributed by atoms with Crippen LogP contribution >= 0.6 is 0 Å². The number of aliphatic carboxylic acids is 1. The molecule has 0 radical (unpaired) electrons. The molecule has 0 aliphatic rings. The van der Waals surface area contributed by atoms with E-state index in [2.05, 4.69) is 0 Å². The van der Waals surface area contributed by atoms with Gasteiger partial charge in [-0.15, -0.1) is 0 Å². The highest BCUT2D eigenvalue weighted by molar-refractivity contribution is 7.90. The molecule has 0 amide bonds. The lowest BCUT2D eigenvalue weighted by Gasteiger charge is -2.03. The van der Waals surface area contributed by atoms with Crippen LogP contribution in [0.5, 0.6) is 0 Å². The molecule has 2 atom stereocenters. The molecule has 0 aromatic carbocycles. The third-order valence-electron chi connectivity index (χ3n) is 1.12. The summed E-state index contributed by atoms with van der Waals surface area (Å²) >= 11 is -1.61. The maximum Gasteiger partial charge on any atom is 0.320 e. The maximum atomic E-state index is 10.5. The Morgan fingerprint density at radius 3 is 2.07 bits per heavy atom. The van der Waals surface area contributed by atoms with Crippen molar-refractivity contribution >= 4 is 26.9 Å². The number of rotatable bonds is 4. The Labute approximate surface area is 90.9 Å². The summed E-state index contributed by atoms with van der Waals surface area (Å²) in [6.07, 6.45) is 2.20. The summed E-state index contributed by atoms with van der Waals surface area (Å²) in [6, 6.07) is -1.08. The average Bonchev–Trinajstić information content (AvgIpc) is 1.97. The van der Waals surface area contributed by atoms with E-state index >= 15 is 0 Å². The first-order valence-electron chi connectivity index (χ1n) is 3.75. The molecule has 1 unspecified atom stereocenters. The number of nitrogens with two attached hydrogens (primary N) is 1. The molecule has 15 heavy (non-hydrogen) atoms. The summed E-state index contributed by atoms with van der Waals surface area (Å²) < 4.78 is 37.7. The van der Waals surface area contributed by atoms with Gasteiger partial charge < -0.3 is 15.4 Å². The van der Waals surface area contributed by atoms with Gasteiger partial charge in [0, 0.05) is 12.5 Å². The topological polar surface area (TPSA) is 135 Å². The molecule has 0 aromatic rings. The van der Waals surface area contributed by atoms with Crippen LogP contribution in [0.25, 0.3) is 0 Å². The van der Waals surface area contributed by atoms with Gasteiger partial charge in [0.15, 0.2) is 0 Å². The van der Waals surface area contributed by atoms with E-state index < -0.39 is 32.9 Å². The highest BCUT2D eigenvalue weighted by atomic mass is 32.2. The van der Waals surface area contributed by atoms with E-state index in [1.54, 1.807) is 0 Å². The van der Waals surface area contributed by atoms with Gasteiger partial charge in [0.25, 0.3) is 0 Å². The lowest BCUT2D eigenvalue weighted by Crippen LogP contribution is -2.32. The number of sulfone groups is 1. The summed E-state index contributed by atoms with van der Waals surface area (Å²) in [5.74, 6) is -1.35. The van der Waals surface area contributed by atoms with Gasteiger partial charge in [-0.3, -0.25) is 4.79 Å². The standard InChI is InChI=1S/C5H11NO4S.CH4O2S/c1-11(9,10)3-2-4(6)5(7)8;1-4(2)3/h4H,2-3,6H2,1H3,(H,7,8);1H3,(H,2,3)/t4-;/m0./s1. The monoisotopic (exact) mass is 261 g/mol. The van der Waals surface area contributed by atoms with Crippen molar-refractivity contribution in [2.24, 2.45) is 5.73 Å². The number of carbonyl (C=O) groups is 1. The van der Waals surface area contributed by atoms with Crippen LogP contribution in [-0.4, -0.2) is 52.6 Å². The minimum absolute atomic E-state index is 0.0336. The zero-order valence-corrected chi connectivity index (χ0v) is 10.0. The van der Waals surface area contributed by atoms with E-state index in [1.807, 2.05) is 0 Å². The summed E-state index contributed by atoms with van der Waals surface area (Å²) in [4.78, 5) is 10.1.